The number of anilines is 1. The fraction of sp³-hybridized carbons (Fsp3) is 0.0556. The number of carbonyl (C=O) groups excluding carboxylic acids is 1. The van der Waals surface area contributed by atoms with Crippen LogP contribution in [0.5, 0.6) is 11.6 Å². The number of hydrogen-bond acceptors (Lipinski definition) is 4. The van der Waals surface area contributed by atoms with Gasteiger partial charge in [0.15, 0.2) is 0 Å². The maximum absolute atomic E-state index is 12.8. The lowest BCUT2D eigenvalue weighted by Gasteiger charge is -2.08. The summed E-state index contributed by atoms with van der Waals surface area (Å²) in [6.45, 7) is 0. The molecule has 3 rings (SSSR count). The minimum atomic E-state index is -4.57. The standard InChI is InChI=1S/C18H11F4N3O2/c19-12-2-5-14(6-3-12)27-16-8-4-13(10-24-16)25-17(26)11-1-7-15(23-9-11)18(20,21)22/h1-10H,(H,25,26). The molecule has 0 atom stereocenters. The number of aromatic nitrogens is 2. The first kappa shape index (κ1) is 18.3. The van der Waals surface area contributed by atoms with Crippen LogP contribution in [-0.4, -0.2) is 15.9 Å². The topological polar surface area (TPSA) is 64.1 Å². The molecule has 0 radical (unpaired) electrons. The van der Waals surface area contributed by atoms with Crippen molar-refractivity contribution in [1.29, 1.82) is 0 Å². The molecule has 0 fully saturated rings. The van der Waals surface area contributed by atoms with E-state index in [0.717, 1.165) is 18.3 Å². The van der Waals surface area contributed by atoms with Gasteiger partial charge in [-0.2, -0.15) is 13.2 Å². The van der Waals surface area contributed by atoms with Crippen molar-refractivity contribution in [3.8, 4) is 11.6 Å². The molecule has 5 nitrogen and oxygen atoms in total. The predicted molar refractivity (Wildman–Crippen MR) is 87.9 cm³/mol. The fourth-order valence-corrected chi connectivity index (χ4v) is 2.04. The Morgan fingerprint density at radius 1 is 0.926 bits per heavy atom. The molecular weight excluding hydrogens is 366 g/mol. The number of benzene rings is 1. The van der Waals surface area contributed by atoms with E-state index in [1.165, 1.54) is 42.6 Å². The van der Waals surface area contributed by atoms with E-state index in [0.29, 0.717) is 11.4 Å². The van der Waals surface area contributed by atoms with Crippen LogP contribution < -0.4 is 10.1 Å². The maximum Gasteiger partial charge on any atom is 0.433 e. The first-order valence-electron chi connectivity index (χ1n) is 7.55. The smallest absolute Gasteiger partial charge is 0.433 e. The quantitative estimate of drug-likeness (QED) is 0.671. The number of rotatable bonds is 4. The molecule has 27 heavy (non-hydrogen) atoms. The fourth-order valence-electron chi connectivity index (χ4n) is 2.04. The van der Waals surface area contributed by atoms with Gasteiger partial charge in [0, 0.05) is 12.3 Å². The third-order valence-electron chi connectivity index (χ3n) is 3.35. The van der Waals surface area contributed by atoms with Gasteiger partial charge in [0.25, 0.3) is 5.91 Å². The molecule has 1 amide bonds. The molecule has 138 valence electrons. The summed E-state index contributed by atoms with van der Waals surface area (Å²) in [4.78, 5) is 19.3. The Kier molecular flexibility index (Phi) is 5.02. The molecule has 0 aliphatic heterocycles. The number of hydrogen-bond donors (Lipinski definition) is 1. The van der Waals surface area contributed by atoms with E-state index in [2.05, 4.69) is 15.3 Å². The summed E-state index contributed by atoms with van der Waals surface area (Å²) >= 11 is 0. The zero-order valence-electron chi connectivity index (χ0n) is 13.5. The molecule has 0 saturated carbocycles. The van der Waals surface area contributed by atoms with Gasteiger partial charge in [0.05, 0.1) is 17.4 Å². The summed E-state index contributed by atoms with van der Waals surface area (Å²) in [6, 6.07) is 10.1. The second-order valence-electron chi connectivity index (χ2n) is 5.33. The number of halogens is 4. The molecule has 0 aliphatic rings. The van der Waals surface area contributed by atoms with Crippen molar-refractivity contribution in [2.75, 3.05) is 5.32 Å². The lowest BCUT2D eigenvalue weighted by Crippen LogP contribution is -2.14. The van der Waals surface area contributed by atoms with Crippen LogP contribution in [0, 0.1) is 5.82 Å². The predicted octanol–water partition coefficient (Wildman–Crippen LogP) is 4.68. The minimum Gasteiger partial charge on any atom is -0.439 e. The normalized spacial score (nSPS) is 11.1. The van der Waals surface area contributed by atoms with Crippen molar-refractivity contribution in [3.05, 3.63) is 78.0 Å². The average Bonchev–Trinajstić information content (AvgIpc) is 2.64. The van der Waals surface area contributed by atoms with Crippen molar-refractivity contribution < 1.29 is 27.1 Å². The average molecular weight is 377 g/mol. The van der Waals surface area contributed by atoms with Gasteiger partial charge in [0.1, 0.15) is 17.3 Å². The summed E-state index contributed by atoms with van der Waals surface area (Å²) in [6.07, 6.45) is -2.41. The van der Waals surface area contributed by atoms with Gasteiger partial charge < -0.3 is 10.1 Å². The highest BCUT2D eigenvalue weighted by atomic mass is 19.4. The summed E-state index contributed by atoms with van der Waals surface area (Å²) in [7, 11) is 0. The van der Waals surface area contributed by atoms with Crippen LogP contribution in [0.2, 0.25) is 0 Å². The Labute approximate surface area is 150 Å². The molecule has 0 bridgehead atoms. The van der Waals surface area contributed by atoms with Crippen molar-refractivity contribution >= 4 is 11.6 Å². The van der Waals surface area contributed by atoms with Crippen LogP contribution in [0.3, 0.4) is 0 Å². The van der Waals surface area contributed by atoms with Crippen LogP contribution in [0.4, 0.5) is 23.2 Å². The van der Waals surface area contributed by atoms with E-state index < -0.39 is 23.6 Å². The van der Waals surface area contributed by atoms with Crippen molar-refractivity contribution in [2.24, 2.45) is 0 Å². The maximum atomic E-state index is 12.8. The van der Waals surface area contributed by atoms with Gasteiger partial charge in [-0.15, -0.1) is 0 Å². The van der Waals surface area contributed by atoms with Gasteiger partial charge in [-0.25, -0.2) is 9.37 Å². The SMILES string of the molecule is O=C(Nc1ccc(Oc2ccc(F)cc2)nc1)c1ccc(C(F)(F)F)nc1. The third kappa shape index (κ3) is 4.78. The molecule has 2 heterocycles. The van der Waals surface area contributed by atoms with Gasteiger partial charge >= 0.3 is 6.18 Å². The monoisotopic (exact) mass is 377 g/mol. The molecule has 0 unspecified atom stereocenters. The number of nitrogens with zero attached hydrogens (tertiary/aromatic N) is 2. The minimum absolute atomic E-state index is 0.0327. The zero-order chi connectivity index (χ0) is 19.4. The second-order valence-corrected chi connectivity index (χ2v) is 5.33. The highest BCUT2D eigenvalue weighted by Gasteiger charge is 2.32. The Balaban J connectivity index is 1.63. The summed E-state index contributed by atoms with van der Waals surface area (Å²) in [5, 5.41) is 2.49. The van der Waals surface area contributed by atoms with Crippen molar-refractivity contribution in [2.45, 2.75) is 6.18 Å². The zero-order valence-corrected chi connectivity index (χ0v) is 13.5. The largest absolute Gasteiger partial charge is 0.439 e. The van der Waals surface area contributed by atoms with Gasteiger partial charge in [-0.3, -0.25) is 9.78 Å². The van der Waals surface area contributed by atoms with Crippen molar-refractivity contribution in [3.63, 3.8) is 0 Å². The Bertz CT molecular complexity index is 925. The number of alkyl halides is 3. The molecule has 9 heteroatoms. The Morgan fingerprint density at radius 2 is 1.67 bits per heavy atom. The molecule has 2 aromatic heterocycles. The number of pyridine rings is 2. The van der Waals surface area contributed by atoms with Crippen LogP contribution >= 0.6 is 0 Å². The highest BCUT2D eigenvalue weighted by Crippen LogP contribution is 2.27. The molecule has 3 aromatic rings. The number of amides is 1. The molecule has 1 N–H and O–H groups in total. The van der Waals surface area contributed by atoms with E-state index in [1.807, 2.05) is 0 Å². The van der Waals surface area contributed by atoms with Gasteiger partial charge in [-0.05, 0) is 42.5 Å². The van der Waals surface area contributed by atoms with Crippen LogP contribution in [0.15, 0.2) is 60.9 Å². The van der Waals surface area contributed by atoms with E-state index >= 15 is 0 Å². The van der Waals surface area contributed by atoms with Crippen LogP contribution in [0.1, 0.15) is 16.1 Å². The Morgan fingerprint density at radius 3 is 2.22 bits per heavy atom. The Hall–Kier alpha value is -3.49. The van der Waals surface area contributed by atoms with E-state index in [9.17, 15) is 22.4 Å². The van der Waals surface area contributed by atoms with E-state index in [-0.39, 0.29) is 11.4 Å². The van der Waals surface area contributed by atoms with E-state index in [4.69, 9.17) is 4.74 Å². The van der Waals surface area contributed by atoms with Crippen molar-refractivity contribution in [1.82, 2.24) is 9.97 Å². The lowest BCUT2D eigenvalue weighted by molar-refractivity contribution is -0.141. The van der Waals surface area contributed by atoms with Gasteiger partial charge in [0.2, 0.25) is 5.88 Å². The lowest BCUT2D eigenvalue weighted by atomic mass is 10.2. The number of ether oxygens (including phenoxy) is 1. The molecular formula is C18H11F4N3O2. The summed E-state index contributed by atoms with van der Waals surface area (Å²) in [5.74, 6) is -0.427. The molecule has 1 aromatic carbocycles. The van der Waals surface area contributed by atoms with Crippen LogP contribution in [0.25, 0.3) is 0 Å². The third-order valence-corrected chi connectivity index (χ3v) is 3.35. The first-order valence-corrected chi connectivity index (χ1v) is 7.55. The first-order chi connectivity index (χ1) is 12.8. The second kappa shape index (κ2) is 7.40. The summed E-state index contributed by atoms with van der Waals surface area (Å²) in [5.41, 5.74) is -0.802. The molecule has 0 aliphatic carbocycles. The number of carbonyl (C=O) groups is 1. The number of nitrogens with one attached hydrogen (secondary N) is 1. The highest BCUT2D eigenvalue weighted by molar-refractivity contribution is 6.03. The van der Waals surface area contributed by atoms with Gasteiger partial charge in [-0.1, -0.05) is 0 Å². The summed E-state index contributed by atoms with van der Waals surface area (Å²) < 4.78 is 55.7. The van der Waals surface area contributed by atoms with E-state index in [1.54, 1.807) is 0 Å². The molecule has 0 spiro atoms. The molecule has 0 saturated heterocycles. The van der Waals surface area contributed by atoms with Crippen LogP contribution in [-0.2, 0) is 6.18 Å².